The van der Waals surface area contributed by atoms with Gasteiger partial charge >= 0.3 is 6.03 Å². The lowest BCUT2D eigenvalue weighted by molar-refractivity contribution is -0.127. The third-order valence-corrected chi connectivity index (χ3v) is 3.68. The number of benzene rings is 1. The van der Waals surface area contributed by atoms with E-state index in [2.05, 4.69) is 17.2 Å². The highest BCUT2D eigenvalue weighted by atomic mass is 16.2. The number of nitrogens with one attached hydrogen (secondary N) is 2. The van der Waals surface area contributed by atoms with Gasteiger partial charge in [-0.1, -0.05) is 30.3 Å². The van der Waals surface area contributed by atoms with Gasteiger partial charge in [0.25, 0.3) is 0 Å². The Kier molecular flexibility index (Phi) is 5.48. The maximum atomic E-state index is 12.0. The topological polar surface area (TPSA) is 105 Å². The van der Waals surface area contributed by atoms with Crippen LogP contribution >= 0.6 is 0 Å². The number of hydrogen-bond acceptors (Lipinski definition) is 4. The minimum absolute atomic E-state index is 0.0799. The summed E-state index contributed by atoms with van der Waals surface area (Å²) in [5.74, 6) is -0.972. The van der Waals surface area contributed by atoms with Gasteiger partial charge in [-0.05, 0) is 17.5 Å². The van der Waals surface area contributed by atoms with Crippen molar-refractivity contribution in [2.24, 2.45) is 5.73 Å². The van der Waals surface area contributed by atoms with Crippen LogP contribution in [0.3, 0.4) is 0 Å². The normalized spacial score (nSPS) is 17.0. The third kappa shape index (κ3) is 4.40. The van der Waals surface area contributed by atoms with E-state index in [1.165, 1.54) is 6.08 Å². The molecular weight excluding hydrogens is 296 g/mol. The van der Waals surface area contributed by atoms with Crippen molar-refractivity contribution in [3.8, 4) is 0 Å². The largest absolute Gasteiger partial charge is 0.368 e. The number of nitrogens with two attached hydrogens (primary N) is 1. The smallest absolute Gasteiger partial charge is 0.321 e. The summed E-state index contributed by atoms with van der Waals surface area (Å²) in [5, 5.41) is 4.67. The van der Waals surface area contributed by atoms with Crippen molar-refractivity contribution in [2.75, 3.05) is 13.1 Å². The molecule has 7 heteroatoms. The lowest BCUT2D eigenvalue weighted by Crippen LogP contribution is -2.53. The van der Waals surface area contributed by atoms with Gasteiger partial charge in [-0.15, -0.1) is 6.58 Å². The summed E-state index contributed by atoms with van der Waals surface area (Å²) in [4.78, 5) is 36.8. The molecule has 7 nitrogen and oxygen atoms in total. The molecular formula is C16H20N4O3. The second-order valence-electron chi connectivity index (χ2n) is 5.34. The van der Waals surface area contributed by atoms with Crippen molar-refractivity contribution in [3.63, 3.8) is 0 Å². The lowest BCUT2D eigenvalue weighted by Gasteiger charge is -2.34. The van der Waals surface area contributed by atoms with Crippen LogP contribution < -0.4 is 16.4 Å². The van der Waals surface area contributed by atoms with Crippen LogP contribution in [0.1, 0.15) is 11.1 Å². The SMILES string of the molecule is C=CCNC(=O)NC(=O)CN1Cc2ccccc2C[C@H]1C(N)=O. The average molecular weight is 316 g/mol. The van der Waals surface area contributed by atoms with Crippen LogP contribution in [0.2, 0.25) is 0 Å². The van der Waals surface area contributed by atoms with Gasteiger partial charge in [0.15, 0.2) is 0 Å². The first kappa shape index (κ1) is 16.7. The molecule has 1 aliphatic rings. The predicted octanol–water partition coefficient (Wildman–Crippen LogP) is -0.0896. The summed E-state index contributed by atoms with van der Waals surface area (Å²) in [6.45, 7) is 4.09. The van der Waals surface area contributed by atoms with E-state index >= 15 is 0 Å². The zero-order valence-corrected chi connectivity index (χ0v) is 12.7. The third-order valence-electron chi connectivity index (χ3n) is 3.68. The molecule has 0 radical (unpaired) electrons. The van der Waals surface area contributed by atoms with E-state index in [4.69, 9.17) is 5.73 Å². The van der Waals surface area contributed by atoms with Crippen LogP contribution in [-0.2, 0) is 22.6 Å². The number of carbonyl (C=O) groups is 3. The van der Waals surface area contributed by atoms with E-state index in [0.29, 0.717) is 13.0 Å². The molecule has 1 atom stereocenters. The van der Waals surface area contributed by atoms with E-state index in [0.717, 1.165) is 11.1 Å². The number of hydrogen-bond donors (Lipinski definition) is 3. The number of primary amides is 1. The van der Waals surface area contributed by atoms with Crippen molar-refractivity contribution >= 4 is 17.8 Å². The van der Waals surface area contributed by atoms with Gasteiger partial charge < -0.3 is 11.1 Å². The fraction of sp³-hybridized carbons (Fsp3) is 0.312. The van der Waals surface area contributed by atoms with Crippen molar-refractivity contribution in [1.82, 2.24) is 15.5 Å². The monoisotopic (exact) mass is 316 g/mol. The van der Waals surface area contributed by atoms with Crippen LogP contribution in [0.5, 0.6) is 0 Å². The Labute approximate surface area is 134 Å². The number of imide groups is 1. The molecule has 0 saturated heterocycles. The van der Waals surface area contributed by atoms with Gasteiger partial charge in [0.1, 0.15) is 0 Å². The Morgan fingerprint density at radius 1 is 1.30 bits per heavy atom. The highest BCUT2D eigenvalue weighted by Gasteiger charge is 2.31. The first-order valence-electron chi connectivity index (χ1n) is 7.30. The number of carbonyl (C=O) groups excluding carboxylic acids is 3. The summed E-state index contributed by atoms with van der Waals surface area (Å²) >= 11 is 0. The maximum Gasteiger partial charge on any atom is 0.321 e. The quantitative estimate of drug-likeness (QED) is 0.660. The Morgan fingerprint density at radius 2 is 2.00 bits per heavy atom. The van der Waals surface area contributed by atoms with Gasteiger partial charge in [0.05, 0.1) is 12.6 Å². The molecule has 0 spiro atoms. The lowest BCUT2D eigenvalue weighted by atomic mass is 9.93. The molecule has 1 aromatic rings. The number of urea groups is 1. The molecule has 1 heterocycles. The minimum Gasteiger partial charge on any atom is -0.368 e. The van der Waals surface area contributed by atoms with Gasteiger partial charge in [-0.25, -0.2) is 4.79 Å². The first-order chi connectivity index (χ1) is 11.0. The Hall–Kier alpha value is -2.67. The Bertz CT molecular complexity index is 630. The second-order valence-corrected chi connectivity index (χ2v) is 5.34. The number of rotatable bonds is 5. The second kappa shape index (κ2) is 7.55. The molecule has 122 valence electrons. The summed E-state index contributed by atoms with van der Waals surface area (Å²) in [5.41, 5.74) is 7.56. The molecule has 2 rings (SSSR count). The first-order valence-corrected chi connectivity index (χ1v) is 7.30. The fourth-order valence-electron chi connectivity index (χ4n) is 2.58. The molecule has 1 aliphatic heterocycles. The Balaban J connectivity index is 2.02. The van der Waals surface area contributed by atoms with Gasteiger partial charge in [0, 0.05) is 13.1 Å². The maximum absolute atomic E-state index is 12.0. The molecule has 4 amide bonds. The van der Waals surface area contributed by atoms with Crippen LogP contribution in [0.15, 0.2) is 36.9 Å². The predicted molar refractivity (Wildman–Crippen MR) is 85.3 cm³/mol. The molecule has 4 N–H and O–H groups in total. The van der Waals surface area contributed by atoms with E-state index in [9.17, 15) is 14.4 Å². The van der Waals surface area contributed by atoms with Crippen LogP contribution in [-0.4, -0.2) is 41.9 Å². The molecule has 0 unspecified atom stereocenters. The molecule has 0 aromatic heterocycles. The van der Waals surface area contributed by atoms with E-state index in [-0.39, 0.29) is 13.1 Å². The van der Waals surface area contributed by atoms with E-state index in [1.54, 1.807) is 4.90 Å². The highest BCUT2D eigenvalue weighted by molar-refractivity contribution is 5.95. The summed E-state index contributed by atoms with van der Waals surface area (Å²) in [7, 11) is 0. The molecule has 0 saturated carbocycles. The molecule has 0 aliphatic carbocycles. The van der Waals surface area contributed by atoms with Crippen LogP contribution in [0.25, 0.3) is 0 Å². The summed E-state index contributed by atoms with van der Waals surface area (Å²) in [6, 6.07) is 6.56. The van der Waals surface area contributed by atoms with Crippen molar-refractivity contribution in [2.45, 2.75) is 19.0 Å². The van der Waals surface area contributed by atoms with E-state index in [1.807, 2.05) is 24.3 Å². The molecule has 1 aromatic carbocycles. The van der Waals surface area contributed by atoms with Gasteiger partial charge in [-0.3, -0.25) is 19.8 Å². The molecule has 0 fully saturated rings. The van der Waals surface area contributed by atoms with Crippen LogP contribution in [0, 0.1) is 0 Å². The van der Waals surface area contributed by atoms with Gasteiger partial charge in [0.2, 0.25) is 11.8 Å². The van der Waals surface area contributed by atoms with E-state index < -0.39 is 23.9 Å². The zero-order chi connectivity index (χ0) is 16.8. The molecule has 23 heavy (non-hydrogen) atoms. The fourth-order valence-corrected chi connectivity index (χ4v) is 2.58. The van der Waals surface area contributed by atoms with Crippen LogP contribution in [0.4, 0.5) is 4.79 Å². The standard InChI is InChI=1S/C16H20N4O3/c1-2-7-18-16(23)19-14(21)10-20-9-12-6-4-3-5-11(12)8-13(20)15(17)22/h2-6,13H,1,7-10H2,(H2,17,22)(H2,18,19,21,23)/t13-/m0/s1. The summed E-state index contributed by atoms with van der Waals surface area (Å²) in [6.07, 6.45) is 1.97. The number of amides is 4. The van der Waals surface area contributed by atoms with Crippen molar-refractivity contribution in [3.05, 3.63) is 48.0 Å². The zero-order valence-electron chi connectivity index (χ0n) is 12.7. The van der Waals surface area contributed by atoms with Gasteiger partial charge in [-0.2, -0.15) is 0 Å². The Morgan fingerprint density at radius 3 is 2.65 bits per heavy atom. The number of nitrogens with zero attached hydrogens (tertiary/aromatic N) is 1. The minimum atomic E-state index is -0.595. The highest BCUT2D eigenvalue weighted by Crippen LogP contribution is 2.22. The van der Waals surface area contributed by atoms with Crippen molar-refractivity contribution < 1.29 is 14.4 Å². The van der Waals surface area contributed by atoms with Crippen molar-refractivity contribution in [1.29, 1.82) is 0 Å². The average Bonchev–Trinajstić information content (AvgIpc) is 2.51. The summed E-state index contributed by atoms with van der Waals surface area (Å²) < 4.78 is 0. The molecule has 0 bridgehead atoms. The number of fused-ring (bicyclic) bond motifs is 1.